The third kappa shape index (κ3) is 2.80. The first-order chi connectivity index (χ1) is 9.09. The van der Waals surface area contributed by atoms with Crippen molar-refractivity contribution in [2.45, 2.75) is 0 Å². The number of benzene rings is 2. The quantitative estimate of drug-likeness (QED) is 0.880. The van der Waals surface area contributed by atoms with Gasteiger partial charge in [0.2, 0.25) is 0 Å². The SMILES string of the molecule is O=C(O)c1cccc([CH]c2ccccc2)c1C(=O)O. The van der Waals surface area contributed by atoms with E-state index >= 15 is 0 Å². The molecule has 0 aliphatic heterocycles. The lowest BCUT2D eigenvalue weighted by Crippen LogP contribution is -2.11. The Morgan fingerprint density at radius 3 is 2.11 bits per heavy atom. The molecule has 0 amide bonds. The van der Waals surface area contributed by atoms with Crippen LogP contribution in [-0.2, 0) is 0 Å². The molecule has 0 bridgehead atoms. The van der Waals surface area contributed by atoms with Crippen LogP contribution >= 0.6 is 0 Å². The molecule has 1 radical (unpaired) electrons. The van der Waals surface area contributed by atoms with Crippen LogP contribution in [0.4, 0.5) is 0 Å². The van der Waals surface area contributed by atoms with Crippen molar-refractivity contribution < 1.29 is 19.8 Å². The van der Waals surface area contributed by atoms with Crippen molar-refractivity contribution in [1.82, 2.24) is 0 Å². The van der Waals surface area contributed by atoms with E-state index in [2.05, 4.69) is 0 Å². The molecule has 0 saturated heterocycles. The van der Waals surface area contributed by atoms with E-state index in [0.29, 0.717) is 5.56 Å². The Morgan fingerprint density at radius 1 is 0.842 bits per heavy atom. The maximum Gasteiger partial charge on any atom is 0.336 e. The molecule has 0 saturated carbocycles. The molecular weight excluding hydrogens is 244 g/mol. The Kier molecular flexibility index (Phi) is 3.61. The van der Waals surface area contributed by atoms with Crippen LogP contribution < -0.4 is 0 Å². The second kappa shape index (κ2) is 5.35. The molecule has 2 aromatic rings. The molecule has 4 nitrogen and oxygen atoms in total. The third-order valence-electron chi connectivity index (χ3n) is 2.66. The van der Waals surface area contributed by atoms with Gasteiger partial charge in [0.15, 0.2) is 0 Å². The summed E-state index contributed by atoms with van der Waals surface area (Å²) in [4.78, 5) is 22.3. The van der Waals surface area contributed by atoms with Gasteiger partial charge in [-0.3, -0.25) is 0 Å². The van der Waals surface area contributed by atoms with Crippen LogP contribution in [0.25, 0.3) is 0 Å². The van der Waals surface area contributed by atoms with Crippen LogP contribution in [0.15, 0.2) is 48.5 Å². The second-order valence-electron chi connectivity index (χ2n) is 3.94. The van der Waals surface area contributed by atoms with Gasteiger partial charge in [-0.05, 0) is 17.2 Å². The smallest absolute Gasteiger partial charge is 0.336 e. The number of hydrogen-bond acceptors (Lipinski definition) is 2. The zero-order valence-electron chi connectivity index (χ0n) is 9.91. The van der Waals surface area contributed by atoms with E-state index in [0.717, 1.165) is 5.56 Å². The molecule has 4 heteroatoms. The number of hydrogen-bond donors (Lipinski definition) is 2. The zero-order valence-corrected chi connectivity index (χ0v) is 9.91. The number of carboxylic acid groups (broad SMARTS) is 2. The topological polar surface area (TPSA) is 74.6 Å². The lowest BCUT2D eigenvalue weighted by molar-refractivity contribution is 0.0651. The minimum Gasteiger partial charge on any atom is -0.478 e. The number of carboxylic acids is 2. The molecule has 0 heterocycles. The molecule has 0 unspecified atom stereocenters. The maximum absolute atomic E-state index is 11.3. The monoisotopic (exact) mass is 255 g/mol. The first-order valence-corrected chi connectivity index (χ1v) is 5.59. The molecule has 0 aromatic heterocycles. The largest absolute Gasteiger partial charge is 0.478 e. The normalized spacial score (nSPS) is 10.1. The highest BCUT2D eigenvalue weighted by molar-refractivity contribution is 6.03. The Morgan fingerprint density at radius 2 is 1.53 bits per heavy atom. The molecule has 0 fully saturated rings. The lowest BCUT2D eigenvalue weighted by atomic mass is 9.96. The Labute approximate surface area is 109 Å². The first-order valence-electron chi connectivity index (χ1n) is 5.59. The van der Waals surface area contributed by atoms with Crippen LogP contribution in [-0.4, -0.2) is 22.2 Å². The van der Waals surface area contributed by atoms with E-state index in [1.54, 1.807) is 12.5 Å². The van der Waals surface area contributed by atoms with Gasteiger partial charge in [0.25, 0.3) is 0 Å². The van der Waals surface area contributed by atoms with E-state index in [9.17, 15) is 14.7 Å². The second-order valence-corrected chi connectivity index (χ2v) is 3.94. The number of aromatic carboxylic acids is 2. The summed E-state index contributed by atoms with van der Waals surface area (Å²) < 4.78 is 0. The summed E-state index contributed by atoms with van der Waals surface area (Å²) in [5, 5.41) is 18.2. The van der Waals surface area contributed by atoms with Gasteiger partial charge >= 0.3 is 11.9 Å². The Hall–Kier alpha value is -2.62. The molecular formula is C15H11O4. The Bertz CT molecular complexity index is 617. The van der Waals surface area contributed by atoms with Gasteiger partial charge in [-0.15, -0.1) is 0 Å². The van der Waals surface area contributed by atoms with Gasteiger partial charge in [-0.25, -0.2) is 9.59 Å². The number of rotatable bonds is 4. The molecule has 2 aromatic carbocycles. The van der Waals surface area contributed by atoms with Crippen molar-refractivity contribution in [2.24, 2.45) is 0 Å². The fourth-order valence-electron chi connectivity index (χ4n) is 1.84. The molecule has 0 spiro atoms. The minimum atomic E-state index is -1.25. The first kappa shape index (κ1) is 12.8. The van der Waals surface area contributed by atoms with Gasteiger partial charge in [-0.1, -0.05) is 42.5 Å². The van der Waals surface area contributed by atoms with E-state index in [1.165, 1.54) is 12.1 Å². The van der Waals surface area contributed by atoms with Gasteiger partial charge in [0, 0.05) is 6.42 Å². The minimum absolute atomic E-state index is 0.196. The fourth-order valence-corrected chi connectivity index (χ4v) is 1.84. The van der Waals surface area contributed by atoms with Crippen molar-refractivity contribution in [1.29, 1.82) is 0 Å². The highest BCUT2D eigenvalue weighted by Gasteiger charge is 2.19. The van der Waals surface area contributed by atoms with Gasteiger partial charge in [0.1, 0.15) is 0 Å². The van der Waals surface area contributed by atoms with E-state index in [1.807, 2.05) is 30.3 Å². The molecule has 2 N–H and O–H groups in total. The number of carbonyl (C=O) groups is 2. The van der Waals surface area contributed by atoms with Crippen LogP contribution in [0.5, 0.6) is 0 Å². The molecule has 0 atom stereocenters. The molecule has 19 heavy (non-hydrogen) atoms. The molecule has 2 rings (SSSR count). The van der Waals surface area contributed by atoms with Crippen molar-refractivity contribution in [3.63, 3.8) is 0 Å². The highest BCUT2D eigenvalue weighted by atomic mass is 16.4. The Balaban J connectivity index is 2.48. The summed E-state index contributed by atoms with van der Waals surface area (Å²) in [5.74, 6) is -2.50. The highest BCUT2D eigenvalue weighted by Crippen LogP contribution is 2.20. The van der Waals surface area contributed by atoms with Crippen molar-refractivity contribution in [3.05, 3.63) is 77.2 Å². The molecule has 95 valence electrons. The van der Waals surface area contributed by atoms with Crippen LogP contribution in [0.3, 0.4) is 0 Å². The lowest BCUT2D eigenvalue weighted by Gasteiger charge is -2.08. The summed E-state index contributed by atoms with van der Waals surface area (Å²) in [6.45, 7) is 0. The predicted octanol–water partition coefficient (Wildman–Crippen LogP) is 2.68. The van der Waals surface area contributed by atoms with Crippen molar-refractivity contribution >= 4 is 11.9 Å². The zero-order chi connectivity index (χ0) is 13.8. The summed E-state index contributed by atoms with van der Waals surface area (Å²) in [7, 11) is 0. The van der Waals surface area contributed by atoms with Crippen molar-refractivity contribution in [2.75, 3.05) is 0 Å². The predicted molar refractivity (Wildman–Crippen MR) is 69.3 cm³/mol. The molecule has 0 aliphatic rings. The summed E-state index contributed by atoms with van der Waals surface area (Å²) in [5.41, 5.74) is 0.780. The van der Waals surface area contributed by atoms with Crippen LogP contribution in [0.2, 0.25) is 0 Å². The molecule has 0 aliphatic carbocycles. The van der Waals surface area contributed by atoms with Gasteiger partial charge in [-0.2, -0.15) is 0 Å². The van der Waals surface area contributed by atoms with Gasteiger partial charge < -0.3 is 10.2 Å². The third-order valence-corrected chi connectivity index (χ3v) is 2.66. The van der Waals surface area contributed by atoms with E-state index in [4.69, 9.17) is 5.11 Å². The average molecular weight is 255 g/mol. The maximum atomic E-state index is 11.3. The van der Waals surface area contributed by atoms with Crippen LogP contribution in [0, 0.1) is 6.42 Å². The summed E-state index contributed by atoms with van der Waals surface area (Å²) >= 11 is 0. The average Bonchev–Trinajstić information content (AvgIpc) is 2.39. The summed E-state index contributed by atoms with van der Waals surface area (Å²) in [6.07, 6.45) is 1.65. The van der Waals surface area contributed by atoms with Crippen LogP contribution in [0.1, 0.15) is 31.8 Å². The van der Waals surface area contributed by atoms with E-state index in [-0.39, 0.29) is 11.1 Å². The standard InChI is InChI=1S/C15H11O4/c16-14(17)12-8-4-7-11(13(12)15(18)19)9-10-5-2-1-3-6-10/h1-9H,(H,16,17)(H,18,19). The van der Waals surface area contributed by atoms with Crippen molar-refractivity contribution in [3.8, 4) is 0 Å². The van der Waals surface area contributed by atoms with Gasteiger partial charge in [0.05, 0.1) is 11.1 Å². The summed E-state index contributed by atoms with van der Waals surface area (Å²) in [6, 6.07) is 13.5. The van der Waals surface area contributed by atoms with E-state index < -0.39 is 11.9 Å². The fraction of sp³-hybridized carbons (Fsp3) is 0.